The van der Waals surface area contributed by atoms with Gasteiger partial charge in [0.15, 0.2) is 5.69 Å². The summed E-state index contributed by atoms with van der Waals surface area (Å²) in [6.07, 6.45) is 3.44. The van der Waals surface area contributed by atoms with Gasteiger partial charge in [-0.25, -0.2) is 9.37 Å². The van der Waals surface area contributed by atoms with Gasteiger partial charge in [-0.15, -0.1) is 0 Å². The average molecular weight is 379 g/mol. The Balaban J connectivity index is 1.48. The Bertz CT molecular complexity index is 938. The zero-order valence-electron chi connectivity index (χ0n) is 15.5. The van der Waals surface area contributed by atoms with Crippen LogP contribution >= 0.6 is 0 Å². The van der Waals surface area contributed by atoms with Crippen molar-refractivity contribution in [1.29, 1.82) is 0 Å². The van der Waals surface area contributed by atoms with E-state index in [1.807, 2.05) is 36.4 Å². The lowest BCUT2D eigenvalue weighted by Gasteiger charge is -2.21. The van der Waals surface area contributed by atoms with Gasteiger partial charge in [0.2, 0.25) is 5.89 Å². The van der Waals surface area contributed by atoms with Crippen LogP contribution in [0.5, 0.6) is 0 Å². The van der Waals surface area contributed by atoms with E-state index in [0.29, 0.717) is 31.2 Å². The van der Waals surface area contributed by atoms with Crippen LogP contribution in [0.25, 0.3) is 0 Å². The maximum atomic E-state index is 13.6. The number of aromatic nitrogens is 1. The third-order valence-electron chi connectivity index (χ3n) is 4.60. The Morgan fingerprint density at radius 2 is 1.82 bits per heavy atom. The molecule has 2 aromatic carbocycles. The molecule has 5 nitrogen and oxygen atoms in total. The molecule has 0 saturated heterocycles. The van der Waals surface area contributed by atoms with Crippen molar-refractivity contribution in [2.24, 2.45) is 0 Å². The Hall–Kier alpha value is -2.99. The summed E-state index contributed by atoms with van der Waals surface area (Å²) < 4.78 is 19.1. The maximum Gasteiger partial charge on any atom is 0.273 e. The van der Waals surface area contributed by atoms with Gasteiger partial charge >= 0.3 is 0 Å². The zero-order valence-corrected chi connectivity index (χ0v) is 15.5. The van der Waals surface area contributed by atoms with E-state index in [-0.39, 0.29) is 17.8 Å². The summed E-state index contributed by atoms with van der Waals surface area (Å²) in [4.78, 5) is 18.6. The summed E-state index contributed by atoms with van der Waals surface area (Å²) in [6, 6.07) is 16.9. The monoisotopic (exact) mass is 379 g/mol. The minimum Gasteiger partial charge on any atom is -0.447 e. The maximum absolute atomic E-state index is 13.6. The molecule has 0 radical (unpaired) electrons. The van der Waals surface area contributed by atoms with Crippen LogP contribution in [0.15, 0.2) is 65.3 Å². The Labute approximate surface area is 163 Å². The van der Waals surface area contributed by atoms with Gasteiger partial charge in [-0.3, -0.25) is 9.69 Å². The molecule has 3 aromatic rings. The molecule has 1 fully saturated rings. The van der Waals surface area contributed by atoms with Crippen LogP contribution in [-0.2, 0) is 19.6 Å². The predicted octanol–water partition coefficient (Wildman–Crippen LogP) is 3.91. The third-order valence-corrected chi connectivity index (χ3v) is 4.60. The van der Waals surface area contributed by atoms with Crippen molar-refractivity contribution in [3.8, 4) is 0 Å². The molecule has 1 N–H and O–H groups in total. The predicted molar refractivity (Wildman–Crippen MR) is 103 cm³/mol. The molecule has 28 heavy (non-hydrogen) atoms. The topological polar surface area (TPSA) is 58.4 Å². The van der Waals surface area contributed by atoms with Gasteiger partial charge in [-0.1, -0.05) is 42.5 Å². The van der Waals surface area contributed by atoms with Crippen molar-refractivity contribution in [3.63, 3.8) is 0 Å². The summed E-state index contributed by atoms with van der Waals surface area (Å²) >= 11 is 0. The molecule has 0 aliphatic heterocycles. The number of nitrogens with one attached hydrogen (secondary N) is 1. The Morgan fingerprint density at radius 3 is 2.57 bits per heavy atom. The molecular formula is C22H22FN3O2. The van der Waals surface area contributed by atoms with Crippen LogP contribution in [-0.4, -0.2) is 21.8 Å². The molecule has 4 rings (SSSR count). The van der Waals surface area contributed by atoms with Crippen molar-refractivity contribution in [1.82, 2.24) is 15.2 Å². The molecule has 0 spiro atoms. The summed E-state index contributed by atoms with van der Waals surface area (Å²) in [7, 11) is 0. The molecule has 0 unspecified atom stereocenters. The molecule has 1 heterocycles. The lowest BCUT2D eigenvalue weighted by atomic mass is 10.1. The highest BCUT2D eigenvalue weighted by Gasteiger charge is 2.25. The molecular weight excluding hydrogens is 357 g/mol. The van der Waals surface area contributed by atoms with E-state index in [1.165, 1.54) is 18.4 Å². The first-order valence-electron chi connectivity index (χ1n) is 9.42. The number of oxazole rings is 1. The second-order valence-electron chi connectivity index (χ2n) is 7.13. The van der Waals surface area contributed by atoms with Crippen molar-refractivity contribution in [2.45, 2.75) is 38.5 Å². The minimum atomic E-state index is -0.257. The molecule has 1 aliphatic rings. The van der Waals surface area contributed by atoms with Gasteiger partial charge < -0.3 is 9.73 Å². The average Bonchev–Trinajstić information content (AvgIpc) is 3.37. The highest BCUT2D eigenvalue weighted by Crippen LogP contribution is 2.20. The van der Waals surface area contributed by atoms with Gasteiger partial charge in [-0.2, -0.15) is 0 Å². The van der Waals surface area contributed by atoms with E-state index in [9.17, 15) is 9.18 Å². The number of benzene rings is 2. The largest absolute Gasteiger partial charge is 0.447 e. The summed E-state index contributed by atoms with van der Waals surface area (Å²) in [5.74, 6) is 0.0119. The van der Waals surface area contributed by atoms with Gasteiger partial charge in [0, 0.05) is 19.1 Å². The Kier molecular flexibility index (Phi) is 5.48. The highest BCUT2D eigenvalue weighted by molar-refractivity contribution is 5.92. The minimum absolute atomic E-state index is 0.197. The molecule has 144 valence electrons. The highest BCUT2D eigenvalue weighted by atomic mass is 19.1. The Morgan fingerprint density at radius 1 is 1.07 bits per heavy atom. The van der Waals surface area contributed by atoms with Crippen LogP contribution in [0.1, 0.15) is 40.3 Å². The summed E-state index contributed by atoms with van der Waals surface area (Å²) in [5.41, 5.74) is 2.30. The number of hydrogen-bond donors (Lipinski definition) is 1. The van der Waals surface area contributed by atoms with Crippen LogP contribution in [0.4, 0.5) is 4.39 Å². The number of rotatable bonds is 8. The first-order chi connectivity index (χ1) is 13.7. The molecule has 0 atom stereocenters. The van der Waals surface area contributed by atoms with E-state index in [1.54, 1.807) is 6.07 Å². The van der Waals surface area contributed by atoms with Crippen molar-refractivity contribution in [2.75, 3.05) is 0 Å². The van der Waals surface area contributed by atoms with Crippen molar-refractivity contribution >= 4 is 5.91 Å². The van der Waals surface area contributed by atoms with E-state index in [2.05, 4.69) is 15.2 Å². The molecule has 6 heteroatoms. The van der Waals surface area contributed by atoms with E-state index in [0.717, 1.165) is 24.0 Å². The zero-order chi connectivity index (χ0) is 19.3. The SMILES string of the molecule is O=C(NC1CC1)c1coc(CN(Cc2ccccc2)Cc2cccc(F)c2)n1. The quantitative estimate of drug-likeness (QED) is 0.645. The molecule has 1 amide bonds. The number of nitrogens with zero attached hydrogens (tertiary/aromatic N) is 2. The van der Waals surface area contributed by atoms with Crippen LogP contribution in [0.2, 0.25) is 0 Å². The molecule has 1 aliphatic carbocycles. The second kappa shape index (κ2) is 8.35. The fraction of sp³-hybridized carbons (Fsp3) is 0.273. The second-order valence-corrected chi connectivity index (χ2v) is 7.13. The van der Waals surface area contributed by atoms with Gasteiger partial charge in [-0.05, 0) is 36.1 Å². The number of amides is 1. The lowest BCUT2D eigenvalue weighted by Crippen LogP contribution is -2.26. The molecule has 0 bridgehead atoms. The number of hydrogen-bond acceptors (Lipinski definition) is 4. The third kappa shape index (κ3) is 5.04. The normalized spacial score (nSPS) is 13.6. The molecule has 1 aromatic heterocycles. The van der Waals surface area contributed by atoms with Crippen LogP contribution in [0.3, 0.4) is 0 Å². The lowest BCUT2D eigenvalue weighted by molar-refractivity contribution is 0.0946. The van der Waals surface area contributed by atoms with Gasteiger partial charge in [0.1, 0.15) is 12.1 Å². The standard InChI is InChI=1S/C22H22FN3O2/c23-18-8-4-7-17(11-18)13-26(12-16-5-2-1-3-6-16)14-21-25-20(15-28-21)22(27)24-19-9-10-19/h1-8,11,15,19H,9-10,12-14H2,(H,24,27). The first kappa shape index (κ1) is 18.4. The van der Waals surface area contributed by atoms with Gasteiger partial charge in [0.25, 0.3) is 5.91 Å². The number of halogens is 1. The van der Waals surface area contributed by atoms with Gasteiger partial charge in [0.05, 0.1) is 6.54 Å². The van der Waals surface area contributed by atoms with Crippen molar-refractivity contribution in [3.05, 3.63) is 89.4 Å². The summed E-state index contributed by atoms with van der Waals surface area (Å²) in [5, 5.41) is 2.91. The van der Waals surface area contributed by atoms with E-state index < -0.39 is 0 Å². The number of carbonyl (C=O) groups is 1. The van der Waals surface area contributed by atoms with E-state index >= 15 is 0 Å². The van der Waals surface area contributed by atoms with Crippen molar-refractivity contribution < 1.29 is 13.6 Å². The van der Waals surface area contributed by atoms with Crippen LogP contribution in [0, 0.1) is 5.82 Å². The fourth-order valence-electron chi connectivity index (χ4n) is 3.07. The summed E-state index contributed by atoms with van der Waals surface area (Å²) in [6.45, 7) is 1.62. The van der Waals surface area contributed by atoms with Crippen LogP contribution < -0.4 is 5.32 Å². The first-order valence-corrected chi connectivity index (χ1v) is 9.42. The number of carbonyl (C=O) groups excluding carboxylic acids is 1. The molecule has 1 saturated carbocycles. The van der Waals surface area contributed by atoms with E-state index in [4.69, 9.17) is 4.42 Å². The smallest absolute Gasteiger partial charge is 0.273 e. The fourth-order valence-corrected chi connectivity index (χ4v) is 3.07.